The number of aromatic carboxylic acids is 2. The lowest BCUT2D eigenvalue weighted by Crippen LogP contribution is -2.48. The van der Waals surface area contributed by atoms with Crippen molar-refractivity contribution in [3.63, 3.8) is 0 Å². The Balaban J connectivity index is 1.92. The van der Waals surface area contributed by atoms with Gasteiger partial charge in [0.2, 0.25) is 0 Å². The second kappa shape index (κ2) is 3.48. The number of rotatable bonds is 3. The summed E-state index contributed by atoms with van der Waals surface area (Å²) in [6, 6.07) is 4.29. The summed E-state index contributed by atoms with van der Waals surface area (Å²) < 4.78 is 0. The van der Waals surface area contributed by atoms with Crippen LogP contribution in [0, 0.1) is 5.41 Å². The molecule has 5 nitrogen and oxygen atoms in total. The summed E-state index contributed by atoms with van der Waals surface area (Å²) >= 11 is 0. The van der Waals surface area contributed by atoms with Crippen molar-refractivity contribution < 1.29 is 19.8 Å². The summed E-state index contributed by atoms with van der Waals surface area (Å²) in [6.07, 6.45) is 2.46. The van der Waals surface area contributed by atoms with Gasteiger partial charge in [-0.2, -0.15) is 0 Å². The molecule has 18 heavy (non-hydrogen) atoms. The number of nitrogens with zero attached hydrogens (tertiary/aromatic N) is 1. The molecule has 2 N–H and O–H groups in total. The SMILES string of the molecule is O=C(O)c1cc(C(=O)O)cc(N2CC3(CC3)C2)c1. The van der Waals surface area contributed by atoms with Crippen LogP contribution < -0.4 is 4.90 Å². The van der Waals surface area contributed by atoms with Crippen molar-refractivity contribution in [2.24, 2.45) is 5.41 Å². The first-order valence-corrected chi connectivity index (χ1v) is 5.86. The molecule has 2 aliphatic rings. The molecule has 1 aromatic rings. The lowest BCUT2D eigenvalue weighted by molar-refractivity contribution is 0.0696. The van der Waals surface area contributed by atoms with Crippen LogP contribution in [0.4, 0.5) is 5.69 Å². The van der Waals surface area contributed by atoms with E-state index in [1.54, 1.807) is 12.1 Å². The molecule has 94 valence electrons. The van der Waals surface area contributed by atoms with Gasteiger partial charge in [0.25, 0.3) is 0 Å². The van der Waals surface area contributed by atoms with Gasteiger partial charge >= 0.3 is 11.9 Å². The van der Waals surface area contributed by atoms with E-state index in [0.717, 1.165) is 13.1 Å². The van der Waals surface area contributed by atoms with Gasteiger partial charge in [-0.25, -0.2) is 9.59 Å². The Kier molecular flexibility index (Phi) is 2.14. The summed E-state index contributed by atoms with van der Waals surface area (Å²) in [5.41, 5.74) is 1.20. The lowest BCUT2D eigenvalue weighted by Gasteiger charge is -2.42. The van der Waals surface area contributed by atoms with Crippen LogP contribution in [0.5, 0.6) is 0 Å². The number of carbonyl (C=O) groups is 2. The number of carboxylic acid groups (broad SMARTS) is 2. The van der Waals surface area contributed by atoms with Crippen molar-refractivity contribution in [2.75, 3.05) is 18.0 Å². The lowest BCUT2D eigenvalue weighted by atomic mass is 9.95. The van der Waals surface area contributed by atoms with E-state index in [4.69, 9.17) is 10.2 Å². The van der Waals surface area contributed by atoms with Gasteiger partial charge in [0.1, 0.15) is 0 Å². The zero-order valence-electron chi connectivity index (χ0n) is 9.72. The zero-order valence-corrected chi connectivity index (χ0v) is 9.72. The van der Waals surface area contributed by atoms with Crippen LogP contribution in [-0.2, 0) is 0 Å². The van der Waals surface area contributed by atoms with Crippen LogP contribution in [0.1, 0.15) is 33.6 Å². The maximum atomic E-state index is 11.0. The molecular weight excluding hydrogens is 234 g/mol. The van der Waals surface area contributed by atoms with Gasteiger partial charge in [-0.1, -0.05) is 0 Å². The minimum Gasteiger partial charge on any atom is -0.478 e. The highest BCUT2D eigenvalue weighted by atomic mass is 16.4. The van der Waals surface area contributed by atoms with Gasteiger partial charge in [-0.15, -0.1) is 0 Å². The zero-order chi connectivity index (χ0) is 12.9. The fourth-order valence-corrected chi connectivity index (χ4v) is 2.48. The van der Waals surface area contributed by atoms with Crippen LogP contribution in [0.15, 0.2) is 18.2 Å². The number of hydrogen-bond acceptors (Lipinski definition) is 3. The van der Waals surface area contributed by atoms with E-state index in [9.17, 15) is 9.59 Å². The second-order valence-corrected chi connectivity index (χ2v) is 5.23. The fourth-order valence-electron chi connectivity index (χ4n) is 2.48. The molecule has 0 bridgehead atoms. The van der Waals surface area contributed by atoms with Crippen molar-refractivity contribution in [3.8, 4) is 0 Å². The average molecular weight is 247 g/mol. The summed E-state index contributed by atoms with van der Waals surface area (Å²) in [7, 11) is 0. The van der Waals surface area contributed by atoms with Crippen molar-refractivity contribution in [3.05, 3.63) is 29.3 Å². The molecule has 5 heteroatoms. The number of hydrogen-bond donors (Lipinski definition) is 2. The third kappa shape index (κ3) is 1.72. The summed E-state index contributed by atoms with van der Waals surface area (Å²) in [5.74, 6) is -2.19. The predicted octanol–water partition coefficient (Wildman–Crippen LogP) is 1.68. The molecule has 1 saturated heterocycles. The summed E-state index contributed by atoms with van der Waals surface area (Å²) in [4.78, 5) is 24.0. The Labute approximate surface area is 104 Å². The predicted molar refractivity (Wildman–Crippen MR) is 64.2 cm³/mol. The smallest absolute Gasteiger partial charge is 0.335 e. The normalized spacial score (nSPS) is 19.4. The van der Waals surface area contributed by atoms with Gasteiger partial charge in [0.15, 0.2) is 0 Å². The molecule has 0 aromatic heterocycles. The Morgan fingerprint density at radius 2 is 1.50 bits per heavy atom. The first-order chi connectivity index (χ1) is 8.49. The molecule has 1 heterocycles. The molecule has 0 radical (unpaired) electrons. The van der Waals surface area contributed by atoms with E-state index in [0.29, 0.717) is 11.1 Å². The van der Waals surface area contributed by atoms with Crippen molar-refractivity contribution in [1.29, 1.82) is 0 Å². The molecule has 1 spiro atoms. The fraction of sp³-hybridized carbons (Fsp3) is 0.385. The number of anilines is 1. The molecule has 0 atom stereocenters. The highest BCUT2D eigenvalue weighted by Gasteiger charge is 2.52. The van der Waals surface area contributed by atoms with Gasteiger partial charge < -0.3 is 15.1 Å². The van der Waals surface area contributed by atoms with E-state index in [1.165, 1.54) is 18.9 Å². The minimum atomic E-state index is -1.10. The molecule has 1 aliphatic heterocycles. The van der Waals surface area contributed by atoms with Crippen LogP contribution >= 0.6 is 0 Å². The largest absolute Gasteiger partial charge is 0.478 e. The standard InChI is InChI=1S/C13H13NO4/c15-11(16)8-3-9(12(17)18)5-10(4-8)14-6-13(7-14)1-2-13/h3-5H,1-2,6-7H2,(H,15,16)(H,17,18). The van der Waals surface area contributed by atoms with E-state index >= 15 is 0 Å². The van der Waals surface area contributed by atoms with Gasteiger partial charge in [-0.3, -0.25) is 0 Å². The second-order valence-electron chi connectivity index (χ2n) is 5.23. The van der Waals surface area contributed by atoms with Crippen LogP contribution in [0.25, 0.3) is 0 Å². The van der Waals surface area contributed by atoms with Gasteiger partial charge in [0, 0.05) is 24.2 Å². The minimum absolute atomic E-state index is 0.0293. The van der Waals surface area contributed by atoms with Crippen molar-refractivity contribution >= 4 is 17.6 Å². The van der Waals surface area contributed by atoms with Gasteiger partial charge in [-0.05, 0) is 31.0 Å². The third-order valence-corrected chi connectivity index (χ3v) is 3.79. The Morgan fingerprint density at radius 1 is 1.00 bits per heavy atom. The monoisotopic (exact) mass is 247 g/mol. The molecular formula is C13H13NO4. The van der Waals surface area contributed by atoms with Crippen LogP contribution in [0.3, 0.4) is 0 Å². The molecule has 0 unspecified atom stereocenters. The molecule has 3 rings (SSSR count). The average Bonchev–Trinajstić information content (AvgIpc) is 3.06. The van der Waals surface area contributed by atoms with Crippen molar-refractivity contribution in [1.82, 2.24) is 0 Å². The van der Waals surface area contributed by atoms with Crippen LogP contribution in [0.2, 0.25) is 0 Å². The van der Waals surface area contributed by atoms with E-state index in [-0.39, 0.29) is 11.1 Å². The maximum Gasteiger partial charge on any atom is 0.335 e. The molecule has 2 fully saturated rings. The van der Waals surface area contributed by atoms with Crippen LogP contribution in [-0.4, -0.2) is 35.2 Å². The topological polar surface area (TPSA) is 77.8 Å². The molecule has 0 amide bonds. The Morgan fingerprint density at radius 3 is 1.89 bits per heavy atom. The first-order valence-electron chi connectivity index (χ1n) is 5.86. The summed E-state index contributed by atoms with van der Waals surface area (Å²) in [6.45, 7) is 1.82. The molecule has 1 aromatic carbocycles. The Hall–Kier alpha value is -2.04. The van der Waals surface area contributed by atoms with E-state index < -0.39 is 11.9 Å². The number of carboxylic acids is 2. The highest BCUT2D eigenvalue weighted by Crippen LogP contribution is 2.53. The quantitative estimate of drug-likeness (QED) is 0.849. The maximum absolute atomic E-state index is 11.0. The highest BCUT2D eigenvalue weighted by molar-refractivity contribution is 5.95. The van der Waals surface area contributed by atoms with Gasteiger partial charge in [0.05, 0.1) is 11.1 Å². The molecule has 1 saturated carbocycles. The third-order valence-electron chi connectivity index (χ3n) is 3.79. The Bertz CT molecular complexity index is 508. The molecule has 1 aliphatic carbocycles. The summed E-state index contributed by atoms with van der Waals surface area (Å²) in [5, 5.41) is 18.0. The van der Waals surface area contributed by atoms with E-state index in [2.05, 4.69) is 0 Å². The number of benzene rings is 1. The van der Waals surface area contributed by atoms with E-state index in [1.807, 2.05) is 4.90 Å². The first kappa shape index (κ1) is 11.1. The van der Waals surface area contributed by atoms with Crippen molar-refractivity contribution in [2.45, 2.75) is 12.8 Å².